The number of nitrogens with zero attached hydrogens (tertiary/aromatic N) is 2. The Morgan fingerprint density at radius 1 is 1.54 bits per heavy atom. The topological polar surface area (TPSA) is 36.7 Å². The van der Waals surface area contributed by atoms with Crippen LogP contribution >= 0.6 is 0 Å². The number of aromatic nitrogens is 1. The summed E-state index contributed by atoms with van der Waals surface area (Å²) in [5, 5.41) is 8.39. The lowest BCUT2D eigenvalue weighted by molar-refractivity contribution is 0.145. The molecule has 2 nitrogen and oxygen atoms in total. The van der Waals surface area contributed by atoms with Crippen molar-refractivity contribution in [3.05, 3.63) is 28.8 Å². The second kappa shape index (κ2) is 3.44. The number of hydrogen-bond acceptors (Lipinski definition) is 2. The first-order chi connectivity index (χ1) is 6.06. The SMILES string of the molecule is Cc1nc(C(F)F)c(C#N)cc1F. The zero-order valence-corrected chi connectivity index (χ0v) is 6.68. The maximum atomic E-state index is 12.8. The van der Waals surface area contributed by atoms with Crippen molar-refractivity contribution >= 4 is 0 Å². The second-order valence-electron chi connectivity index (χ2n) is 2.40. The minimum atomic E-state index is -2.85. The molecule has 0 N–H and O–H groups in total. The number of halogens is 3. The highest BCUT2D eigenvalue weighted by atomic mass is 19.3. The van der Waals surface area contributed by atoms with Gasteiger partial charge in [-0.3, -0.25) is 0 Å². The van der Waals surface area contributed by atoms with E-state index in [1.807, 2.05) is 0 Å². The van der Waals surface area contributed by atoms with Gasteiger partial charge in [0, 0.05) is 0 Å². The lowest BCUT2D eigenvalue weighted by Gasteiger charge is -2.03. The van der Waals surface area contributed by atoms with Crippen LogP contribution in [0.2, 0.25) is 0 Å². The Labute approximate surface area is 72.6 Å². The van der Waals surface area contributed by atoms with Crippen molar-refractivity contribution in [2.24, 2.45) is 0 Å². The molecule has 0 atom stereocenters. The standard InChI is InChI=1S/C8H5F3N2/c1-4-6(9)2-5(3-12)7(13-4)8(10)11/h2,8H,1H3. The van der Waals surface area contributed by atoms with Crippen LogP contribution in [0, 0.1) is 24.1 Å². The molecular weight excluding hydrogens is 181 g/mol. The van der Waals surface area contributed by atoms with Crippen LogP contribution in [-0.2, 0) is 0 Å². The molecule has 0 aliphatic carbocycles. The van der Waals surface area contributed by atoms with Crippen molar-refractivity contribution in [2.75, 3.05) is 0 Å². The summed E-state index contributed by atoms with van der Waals surface area (Å²) in [6, 6.07) is 2.23. The van der Waals surface area contributed by atoms with E-state index in [1.165, 1.54) is 13.0 Å². The molecule has 0 spiro atoms. The van der Waals surface area contributed by atoms with Crippen molar-refractivity contribution in [1.29, 1.82) is 5.26 Å². The van der Waals surface area contributed by atoms with Crippen LogP contribution in [0.3, 0.4) is 0 Å². The average molecular weight is 186 g/mol. The average Bonchev–Trinajstić information content (AvgIpc) is 2.08. The van der Waals surface area contributed by atoms with Crippen molar-refractivity contribution < 1.29 is 13.2 Å². The third kappa shape index (κ3) is 1.78. The van der Waals surface area contributed by atoms with E-state index in [0.29, 0.717) is 0 Å². The van der Waals surface area contributed by atoms with Crippen LogP contribution in [0.5, 0.6) is 0 Å². The van der Waals surface area contributed by atoms with Gasteiger partial charge in [0.2, 0.25) is 0 Å². The number of hydrogen-bond donors (Lipinski definition) is 0. The summed E-state index contributed by atoms with van der Waals surface area (Å²) in [5.41, 5.74) is -1.21. The molecule has 0 radical (unpaired) electrons. The largest absolute Gasteiger partial charge is 0.281 e. The van der Waals surface area contributed by atoms with Gasteiger partial charge in [0.05, 0.1) is 11.3 Å². The molecule has 0 aliphatic heterocycles. The van der Waals surface area contributed by atoms with Gasteiger partial charge >= 0.3 is 0 Å². The van der Waals surface area contributed by atoms with Crippen LogP contribution in [0.15, 0.2) is 6.07 Å². The predicted molar refractivity (Wildman–Crippen MR) is 38.6 cm³/mol. The van der Waals surface area contributed by atoms with Crippen molar-refractivity contribution in [3.8, 4) is 6.07 Å². The van der Waals surface area contributed by atoms with E-state index in [-0.39, 0.29) is 5.69 Å². The first kappa shape index (κ1) is 9.52. The van der Waals surface area contributed by atoms with Crippen LogP contribution in [-0.4, -0.2) is 4.98 Å². The molecule has 1 aromatic rings. The smallest absolute Gasteiger partial charge is 0.248 e. The highest BCUT2D eigenvalue weighted by Gasteiger charge is 2.16. The van der Waals surface area contributed by atoms with Gasteiger partial charge in [-0.05, 0) is 13.0 Å². The molecule has 0 aliphatic rings. The van der Waals surface area contributed by atoms with E-state index in [1.54, 1.807) is 0 Å². The molecule has 0 amide bonds. The van der Waals surface area contributed by atoms with Crippen molar-refractivity contribution in [2.45, 2.75) is 13.3 Å². The van der Waals surface area contributed by atoms with Gasteiger partial charge in [0.25, 0.3) is 6.43 Å². The Bertz CT molecular complexity index is 368. The third-order valence-electron chi connectivity index (χ3n) is 1.51. The molecule has 0 bridgehead atoms. The summed E-state index contributed by atoms with van der Waals surface area (Å²) < 4.78 is 37.1. The fraction of sp³-hybridized carbons (Fsp3) is 0.250. The predicted octanol–water partition coefficient (Wildman–Crippen LogP) is 2.34. The molecule has 0 aromatic carbocycles. The van der Waals surface area contributed by atoms with E-state index in [4.69, 9.17) is 5.26 Å². The number of rotatable bonds is 1. The Morgan fingerprint density at radius 3 is 2.62 bits per heavy atom. The van der Waals surface area contributed by atoms with E-state index in [0.717, 1.165) is 6.07 Å². The quantitative estimate of drug-likeness (QED) is 0.674. The molecule has 5 heteroatoms. The second-order valence-corrected chi connectivity index (χ2v) is 2.40. The summed E-state index contributed by atoms with van der Waals surface area (Å²) >= 11 is 0. The van der Waals surface area contributed by atoms with Crippen LogP contribution in [0.25, 0.3) is 0 Å². The fourth-order valence-corrected chi connectivity index (χ4v) is 0.855. The summed E-state index contributed by atoms with van der Waals surface area (Å²) in [4.78, 5) is 3.30. The van der Waals surface area contributed by atoms with Crippen LogP contribution in [0.4, 0.5) is 13.2 Å². The minimum Gasteiger partial charge on any atom is -0.248 e. The molecule has 1 rings (SSSR count). The lowest BCUT2D eigenvalue weighted by Crippen LogP contribution is -2.00. The first-order valence-electron chi connectivity index (χ1n) is 3.41. The molecule has 68 valence electrons. The van der Waals surface area contributed by atoms with Gasteiger partial charge in [-0.1, -0.05) is 0 Å². The molecule has 1 aromatic heterocycles. The maximum Gasteiger partial charge on any atom is 0.281 e. The fourth-order valence-electron chi connectivity index (χ4n) is 0.855. The van der Waals surface area contributed by atoms with Gasteiger partial charge in [-0.25, -0.2) is 18.2 Å². The summed E-state index contributed by atoms with van der Waals surface area (Å²) in [5.74, 6) is -0.749. The van der Waals surface area contributed by atoms with Gasteiger partial charge in [-0.15, -0.1) is 0 Å². The van der Waals surface area contributed by atoms with Gasteiger partial charge < -0.3 is 0 Å². The van der Waals surface area contributed by atoms with E-state index >= 15 is 0 Å². The molecule has 13 heavy (non-hydrogen) atoms. The Hall–Kier alpha value is -1.57. The first-order valence-corrected chi connectivity index (χ1v) is 3.41. The normalized spacial score (nSPS) is 10.2. The Balaban J connectivity index is 3.35. The number of nitriles is 1. The Morgan fingerprint density at radius 2 is 2.15 bits per heavy atom. The summed E-state index contributed by atoms with van der Waals surface area (Å²) in [7, 11) is 0. The summed E-state index contributed by atoms with van der Waals surface area (Å²) in [6.45, 7) is 1.27. The number of alkyl halides is 2. The van der Waals surface area contributed by atoms with Gasteiger partial charge in [0.1, 0.15) is 17.6 Å². The minimum absolute atomic E-state index is 0.130. The molecule has 0 unspecified atom stereocenters. The van der Waals surface area contributed by atoms with Crippen LogP contribution in [0.1, 0.15) is 23.4 Å². The maximum absolute atomic E-state index is 12.8. The van der Waals surface area contributed by atoms with Crippen LogP contribution < -0.4 is 0 Å². The molecular formula is C8H5F3N2. The molecule has 0 saturated heterocycles. The number of aryl methyl sites for hydroxylation is 1. The van der Waals surface area contributed by atoms with Crippen molar-refractivity contribution in [3.63, 3.8) is 0 Å². The van der Waals surface area contributed by atoms with Gasteiger partial charge in [-0.2, -0.15) is 5.26 Å². The zero-order valence-electron chi connectivity index (χ0n) is 6.68. The Kier molecular flexibility index (Phi) is 2.52. The van der Waals surface area contributed by atoms with E-state index in [9.17, 15) is 13.2 Å². The molecule has 1 heterocycles. The molecule has 0 fully saturated rings. The lowest BCUT2D eigenvalue weighted by atomic mass is 10.2. The number of pyridine rings is 1. The van der Waals surface area contributed by atoms with Crippen molar-refractivity contribution in [1.82, 2.24) is 4.98 Å². The zero-order chi connectivity index (χ0) is 10.0. The summed E-state index contributed by atoms with van der Waals surface area (Å²) in [6.07, 6.45) is -2.85. The molecule has 0 saturated carbocycles. The highest BCUT2D eigenvalue weighted by molar-refractivity contribution is 5.35. The monoisotopic (exact) mass is 186 g/mol. The highest BCUT2D eigenvalue weighted by Crippen LogP contribution is 2.21. The third-order valence-corrected chi connectivity index (χ3v) is 1.51. The van der Waals surface area contributed by atoms with E-state index in [2.05, 4.69) is 4.98 Å². The van der Waals surface area contributed by atoms with Gasteiger partial charge in [0.15, 0.2) is 0 Å². The van der Waals surface area contributed by atoms with E-state index < -0.39 is 23.5 Å².